The minimum atomic E-state index is 0.581. The summed E-state index contributed by atoms with van der Waals surface area (Å²) >= 11 is 6.95. The number of halogens is 2. The molecular formula is C14H11Br2N3O. The zero-order valence-corrected chi connectivity index (χ0v) is 13.8. The number of nitrogens with two attached hydrogens (primary N) is 1. The number of hydrogen-bond acceptors (Lipinski definition) is 3. The summed E-state index contributed by atoms with van der Waals surface area (Å²) in [7, 11) is 1.63. The lowest BCUT2D eigenvalue weighted by Gasteiger charge is -2.07. The van der Waals surface area contributed by atoms with Gasteiger partial charge in [-0.1, -0.05) is 15.9 Å². The average Bonchev–Trinajstić information content (AvgIpc) is 2.78. The molecule has 6 heteroatoms. The lowest BCUT2D eigenvalue weighted by molar-refractivity contribution is 0.416. The van der Waals surface area contributed by atoms with Crippen LogP contribution in [0.5, 0.6) is 5.75 Å². The second-order valence-electron chi connectivity index (χ2n) is 4.24. The van der Waals surface area contributed by atoms with Gasteiger partial charge in [0, 0.05) is 16.2 Å². The standard InChI is InChI=1S/C14H11Br2N3O/c1-20-11-5-4-8(15)7-9(11)12-13(17)19-6-2-3-10(16)14(19)18-12/h2-7H,17H2,1H3. The molecule has 2 aromatic heterocycles. The van der Waals surface area contributed by atoms with Crippen LogP contribution in [0.3, 0.4) is 0 Å². The van der Waals surface area contributed by atoms with Crippen LogP contribution in [0.1, 0.15) is 0 Å². The van der Waals surface area contributed by atoms with E-state index in [0.717, 1.165) is 25.9 Å². The van der Waals surface area contributed by atoms with Crippen LogP contribution in [0.2, 0.25) is 0 Å². The zero-order valence-electron chi connectivity index (χ0n) is 10.6. The molecule has 0 fully saturated rings. The molecule has 1 aromatic carbocycles. The van der Waals surface area contributed by atoms with E-state index < -0.39 is 0 Å². The van der Waals surface area contributed by atoms with Gasteiger partial charge in [0.2, 0.25) is 0 Å². The maximum Gasteiger partial charge on any atom is 0.153 e. The molecule has 0 aliphatic rings. The minimum absolute atomic E-state index is 0.581. The van der Waals surface area contributed by atoms with Crippen LogP contribution in [0.4, 0.5) is 5.82 Å². The third kappa shape index (κ3) is 2.09. The van der Waals surface area contributed by atoms with Gasteiger partial charge < -0.3 is 10.5 Å². The Morgan fingerprint density at radius 2 is 2.05 bits per heavy atom. The van der Waals surface area contributed by atoms with Crippen LogP contribution in [0.25, 0.3) is 16.9 Å². The fourth-order valence-corrected chi connectivity index (χ4v) is 2.91. The number of ether oxygens (including phenoxy) is 1. The van der Waals surface area contributed by atoms with E-state index in [-0.39, 0.29) is 0 Å². The maximum atomic E-state index is 6.22. The second-order valence-corrected chi connectivity index (χ2v) is 6.01. The molecule has 0 saturated heterocycles. The number of aromatic nitrogens is 2. The molecule has 20 heavy (non-hydrogen) atoms. The van der Waals surface area contributed by atoms with Gasteiger partial charge in [-0.25, -0.2) is 4.98 Å². The summed E-state index contributed by atoms with van der Waals surface area (Å²) in [6.07, 6.45) is 1.89. The number of fused-ring (bicyclic) bond motifs is 1. The fourth-order valence-electron chi connectivity index (χ4n) is 2.12. The van der Waals surface area contributed by atoms with E-state index in [0.29, 0.717) is 11.5 Å². The Morgan fingerprint density at radius 3 is 2.75 bits per heavy atom. The first-order chi connectivity index (χ1) is 9.61. The highest BCUT2D eigenvalue weighted by Crippen LogP contribution is 2.36. The van der Waals surface area contributed by atoms with Crippen LogP contribution >= 0.6 is 31.9 Å². The predicted octanol–water partition coefficient (Wildman–Crippen LogP) is 4.12. The van der Waals surface area contributed by atoms with E-state index in [1.807, 2.05) is 40.9 Å². The third-order valence-corrected chi connectivity index (χ3v) is 4.17. The molecular weight excluding hydrogens is 386 g/mol. The topological polar surface area (TPSA) is 52.5 Å². The number of hydrogen-bond donors (Lipinski definition) is 1. The minimum Gasteiger partial charge on any atom is -0.496 e. The Labute approximate surface area is 132 Å². The van der Waals surface area contributed by atoms with Crippen molar-refractivity contribution in [3.05, 3.63) is 45.5 Å². The van der Waals surface area contributed by atoms with E-state index in [9.17, 15) is 0 Å². The third-order valence-electron chi connectivity index (χ3n) is 3.06. The normalized spacial score (nSPS) is 10.9. The number of rotatable bonds is 2. The number of benzene rings is 1. The van der Waals surface area contributed by atoms with Gasteiger partial charge in [0.05, 0.1) is 11.6 Å². The van der Waals surface area contributed by atoms with Crippen LogP contribution in [-0.2, 0) is 0 Å². The molecule has 0 bridgehead atoms. The Kier molecular flexibility index (Phi) is 3.43. The van der Waals surface area contributed by atoms with Gasteiger partial charge in [-0.15, -0.1) is 0 Å². The van der Waals surface area contributed by atoms with Crippen molar-refractivity contribution in [3.63, 3.8) is 0 Å². The van der Waals surface area contributed by atoms with Gasteiger partial charge in [-0.3, -0.25) is 4.40 Å². The summed E-state index contributed by atoms with van der Waals surface area (Å²) in [5.74, 6) is 1.32. The molecule has 2 heterocycles. The van der Waals surface area contributed by atoms with Gasteiger partial charge in [-0.2, -0.15) is 0 Å². The van der Waals surface area contributed by atoms with E-state index in [1.54, 1.807) is 7.11 Å². The largest absolute Gasteiger partial charge is 0.496 e. The Bertz CT molecular complexity index is 798. The number of anilines is 1. The quantitative estimate of drug-likeness (QED) is 0.708. The average molecular weight is 397 g/mol. The monoisotopic (exact) mass is 395 g/mol. The van der Waals surface area contributed by atoms with Crippen molar-refractivity contribution in [2.24, 2.45) is 0 Å². The van der Waals surface area contributed by atoms with Crippen molar-refractivity contribution in [2.75, 3.05) is 12.8 Å². The summed E-state index contributed by atoms with van der Waals surface area (Å²) in [5, 5.41) is 0. The first kappa shape index (κ1) is 13.5. The highest BCUT2D eigenvalue weighted by atomic mass is 79.9. The van der Waals surface area contributed by atoms with E-state index in [1.165, 1.54) is 0 Å². The first-order valence-corrected chi connectivity index (χ1v) is 7.46. The SMILES string of the molecule is COc1ccc(Br)cc1-c1nc2c(Br)cccn2c1N. The van der Waals surface area contributed by atoms with Crippen molar-refractivity contribution in [2.45, 2.75) is 0 Å². The summed E-state index contributed by atoms with van der Waals surface area (Å²) in [5.41, 5.74) is 8.56. The molecule has 0 unspecified atom stereocenters. The first-order valence-electron chi connectivity index (χ1n) is 5.88. The van der Waals surface area contributed by atoms with Crippen LogP contribution in [-0.4, -0.2) is 16.5 Å². The summed E-state index contributed by atoms with van der Waals surface area (Å²) < 4.78 is 9.09. The molecule has 0 radical (unpaired) electrons. The number of nitrogen functional groups attached to an aromatic ring is 1. The molecule has 0 aliphatic heterocycles. The van der Waals surface area contributed by atoms with Gasteiger partial charge in [0.25, 0.3) is 0 Å². The van der Waals surface area contributed by atoms with E-state index >= 15 is 0 Å². The molecule has 4 nitrogen and oxygen atoms in total. The van der Waals surface area contributed by atoms with Crippen molar-refractivity contribution >= 4 is 43.3 Å². The molecule has 0 amide bonds. The summed E-state index contributed by atoms with van der Waals surface area (Å²) in [6.45, 7) is 0. The van der Waals surface area contributed by atoms with Crippen molar-refractivity contribution in [1.29, 1.82) is 0 Å². The smallest absolute Gasteiger partial charge is 0.153 e. The molecule has 3 aromatic rings. The van der Waals surface area contributed by atoms with Crippen molar-refractivity contribution < 1.29 is 4.74 Å². The van der Waals surface area contributed by atoms with Gasteiger partial charge in [0.1, 0.15) is 17.3 Å². The Morgan fingerprint density at radius 1 is 1.25 bits per heavy atom. The lowest BCUT2D eigenvalue weighted by Crippen LogP contribution is -1.95. The Hall–Kier alpha value is -1.53. The molecule has 0 saturated carbocycles. The van der Waals surface area contributed by atoms with Gasteiger partial charge in [-0.05, 0) is 46.3 Å². The van der Waals surface area contributed by atoms with E-state index in [4.69, 9.17) is 10.5 Å². The van der Waals surface area contributed by atoms with Crippen LogP contribution < -0.4 is 10.5 Å². The van der Waals surface area contributed by atoms with Gasteiger partial charge >= 0.3 is 0 Å². The maximum absolute atomic E-state index is 6.22. The molecule has 2 N–H and O–H groups in total. The molecule has 0 aliphatic carbocycles. The fraction of sp³-hybridized carbons (Fsp3) is 0.0714. The van der Waals surface area contributed by atoms with Crippen molar-refractivity contribution in [3.8, 4) is 17.0 Å². The van der Waals surface area contributed by atoms with Crippen LogP contribution in [0, 0.1) is 0 Å². The number of imidazole rings is 1. The number of pyridine rings is 1. The predicted molar refractivity (Wildman–Crippen MR) is 87.0 cm³/mol. The van der Waals surface area contributed by atoms with E-state index in [2.05, 4.69) is 36.8 Å². The molecule has 102 valence electrons. The highest BCUT2D eigenvalue weighted by Gasteiger charge is 2.16. The highest BCUT2D eigenvalue weighted by molar-refractivity contribution is 9.11. The zero-order chi connectivity index (χ0) is 14.3. The van der Waals surface area contributed by atoms with Gasteiger partial charge in [0.15, 0.2) is 5.65 Å². The van der Waals surface area contributed by atoms with Crippen LogP contribution in [0.15, 0.2) is 45.5 Å². The Balaban J connectivity index is 2.33. The molecule has 3 rings (SSSR count). The summed E-state index contributed by atoms with van der Waals surface area (Å²) in [4.78, 5) is 4.62. The molecule has 0 spiro atoms. The second kappa shape index (κ2) is 5.10. The summed E-state index contributed by atoms with van der Waals surface area (Å²) in [6, 6.07) is 9.60. The van der Waals surface area contributed by atoms with Crippen molar-refractivity contribution in [1.82, 2.24) is 9.38 Å². The lowest BCUT2D eigenvalue weighted by atomic mass is 10.1. The number of methoxy groups -OCH3 is 1. The molecule has 0 atom stereocenters. The number of nitrogens with zero attached hydrogens (tertiary/aromatic N) is 2.